The Morgan fingerprint density at radius 3 is 2.76 bits per heavy atom. The van der Waals surface area contributed by atoms with Gasteiger partial charge in [0.05, 0.1) is 6.61 Å². The van der Waals surface area contributed by atoms with Crippen LogP contribution in [0.3, 0.4) is 0 Å². The van der Waals surface area contributed by atoms with Crippen LogP contribution in [0.2, 0.25) is 5.02 Å². The number of anilines is 1. The van der Waals surface area contributed by atoms with Crippen LogP contribution < -0.4 is 10.2 Å². The number of carbonyl (C=O) groups excluding carboxylic acids is 3. The number of alkyl carbamates (subject to hydrolysis) is 1. The molecule has 2 aromatic rings. The Bertz CT molecular complexity index is 1050. The molecule has 9 nitrogen and oxygen atoms in total. The minimum Gasteiger partial charge on any atom is -0.407 e. The summed E-state index contributed by atoms with van der Waals surface area (Å²) in [7, 11) is 1.54. The van der Waals surface area contributed by atoms with Crippen LogP contribution in [-0.4, -0.2) is 65.6 Å². The number of rotatable bonds is 7. The molecule has 0 radical (unpaired) electrons. The predicted molar refractivity (Wildman–Crippen MR) is 117 cm³/mol. The molecule has 33 heavy (non-hydrogen) atoms. The van der Waals surface area contributed by atoms with Crippen molar-refractivity contribution >= 4 is 35.2 Å². The topological polar surface area (TPSA) is 119 Å². The fourth-order valence-electron chi connectivity index (χ4n) is 3.38. The highest BCUT2D eigenvalue weighted by atomic mass is 35.5. The summed E-state index contributed by atoms with van der Waals surface area (Å²) in [5.41, 5.74) is 1.01. The van der Waals surface area contributed by atoms with Gasteiger partial charge in [-0.1, -0.05) is 17.7 Å². The molecule has 3 amide bonds. The maximum Gasteiger partial charge on any atom is 0.410 e. The van der Waals surface area contributed by atoms with Crippen molar-refractivity contribution < 1.29 is 33.7 Å². The Labute approximate surface area is 194 Å². The summed E-state index contributed by atoms with van der Waals surface area (Å²) >= 11 is 5.77. The van der Waals surface area contributed by atoms with Crippen molar-refractivity contribution in [2.75, 3.05) is 31.6 Å². The SMILES string of the molecule is CN(CCO)C(=O)c1cccc(N2CC[C@@](O)(OC(=O)NCc3cc(F)cc(Cl)c3)C2=O)c1. The van der Waals surface area contributed by atoms with Gasteiger partial charge in [-0.2, -0.15) is 0 Å². The lowest BCUT2D eigenvalue weighted by molar-refractivity contribution is -0.175. The number of hydrogen-bond donors (Lipinski definition) is 3. The van der Waals surface area contributed by atoms with E-state index >= 15 is 0 Å². The Balaban J connectivity index is 1.65. The molecule has 1 atom stereocenters. The summed E-state index contributed by atoms with van der Waals surface area (Å²) in [6.07, 6.45) is -1.25. The van der Waals surface area contributed by atoms with Gasteiger partial charge in [-0.15, -0.1) is 0 Å². The number of ether oxygens (including phenoxy) is 1. The molecule has 0 spiro atoms. The van der Waals surface area contributed by atoms with Gasteiger partial charge in [0.2, 0.25) is 0 Å². The minimum atomic E-state index is -2.39. The summed E-state index contributed by atoms with van der Waals surface area (Å²) < 4.78 is 18.4. The highest BCUT2D eigenvalue weighted by Crippen LogP contribution is 2.30. The highest BCUT2D eigenvalue weighted by molar-refractivity contribution is 6.30. The number of nitrogens with zero attached hydrogens (tertiary/aromatic N) is 2. The molecule has 2 aromatic carbocycles. The molecule has 1 fully saturated rings. The van der Waals surface area contributed by atoms with Gasteiger partial charge in [-0.05, 0) is 42.0 Å². The molecule has 1 saturated heterocycles. The first-order valence-electron chi connectivity index (χ1n) is 10.1. The Hall–Kier alpha value is -3.21. The first kappa shape index (κ1) is 24.4. The Morgan fingerprint density at radius 2 is 2.06 bits per heavy atom. The number of likely N-dealkylation sites (N-methyl/N-ethyl adjacent to an activating group) is 1. The van der Waals surface area contributed by atoms with E-state index in [4.69, 9.17) is 21.4 Å². The van der Waals surface area contributed by atoms with E-state index in [2.05, 4.69) is 5.32 Å². The van der Waals surface area contributed by atoms with Gasteiger partial charge < -0.3 is 30.1 Å². The lowest BCUT2D eigenvalue weighted by Gasteiger charge is -2.23. The number of halogens is 2. The van der Waals surface area contributed by atoms with Gasteiger partial charge in [-0.25, -0.2) is 9.18 Å². The van der Waals surface area contributed by atoms with Gasteiger partial charge >= 0.3 is 6.09 Å². The molecule has 3 N–H and O–H groups in total. The average Bonchev–Trinajstić information content (AvgIpc) is 3.05. The van der Waals surface area contributed by atoms with Crippen LogP contribution in [0.4, 0.5) is 14.9 Å². The van der Waals surface area contributed by atoms with Crippen LogP contribution in [0, 0.1) is 5.82 Å². The Kier molecular flexibility index (Phi) is 7.52. The zero-order chi connectivity index (χ0) is 24.2. The summed E-state index contributed by atoms with van der Waals surface area (Å²) in [5.74, 6) is -4.17. The maximum absolute atomic E-state index is 13.4. The predicted octanol–water partition coefficient (Wildman–Crippen LogP) is 1.90. The maximum atomic E-state index is 13.4. The Morgan fingerprint density at radius 1 is 1.30 bits per heavy atom. The van der Waals surface area contributed by atoms with Gasteiger partial charge in [0.25, 0.3) is 17.6 Å². The van der Waals surface area contributed by atoms with Crippen LogP contribution in [0.5, 0.6) is 0 Å². The smallest absolute Gasteiger partial charge is 0.407 e. The molecule has 0 saturated carbocycles. The standard InChI is InChI=1S/C22H23ClFN3O6/c1-26(7-8-28)19(29)15-3-2-4-18(11-15)27-6-5-22(32,20(27)30)33-21(31)25-13-14-9-16(23)12-17(24)10-14/h2-4,9-12,28,32H,5-8,13H2,1H3,(H,25,31)/t22-/m1/s1. The van der Waals surface area contributed by atoms with Crippen molar-refractivity contribution in [1.82, 2.24) is 10.2 Å². The molecule has 1 aliphatic rings. The molecular weight excluding hydrogens is 457 g/mol. The van der Waals surface area contributed by atoms with Crippen LogP contribution in [0.15, 0.2) is 42.5 Å². The number of amides is 3. The van der Waals surface area contributed by atoms with Crippen LogP contribution >= 0.6 is 11.6 Å². The normalized spacial score (nSPS) is 17.7. The number of aliphatic hydroxyl groups excluding tert-OH is 1. The average molecular weight is 480 g/mol. The summed E-state index contributed by atoms with van der Waals surface area (Å²) in [4.78, 5) is 40.0. The van der Waals surface area contributed by atoms with E-state index in [1.54, 1.807) is 18.2 Å². The van der Waals surface area contributed by atoms with Crippen molar-refractivity contribution in [1.29, 1.82) is 0 Å². The van der Waals surface area contributed by atoms with Gasteiger partial charge in [0, 0.05) is 49.4 Å². The van der Waals surface area contributed by atoms with E-state index in [9.17, 15) is 23.9 Å². The lowest BCUT2D eigenvalue weighted by Crippen LogP contribution is -2.46. The van der Waals surface area contributed by atoms with Crippen molar-refractivity contribution in [2.24, 2.45) is 0 Å². The highest BCUT2D eigenvalue weighted by Gasteiger charge is 2.49. The molecular formula is C22H23ClFN3O6. The number of aliphatic hydroxyl groups is 2. The molecule has 3 rings (SSSR count). The second-order valence-electron chi connectivity index (χ2n) is 7.51. The number of nitrogens with one attached hydrogen (secondary N) is 1. The second kappa shape index (κ2) is 10.2. The second-order valence-corrected chi connectivity index (χ2v) is 7.95. The minimum absolute atomic E-state index is 0.0479. The lowest BCUT2D eigenvalue weighted by atomic mass is 10.1. The molecule has 1 heterocycles. The van der Waals surface area contributed by atoms with E-state index in [1.165, 1.54) is 35.0 Å². The van der Waals surface area contributed by atoms with E-state index in [0.717, 1.165) is 6.07 Å². The number of benzene rings is 2. The number of carbonyl (C=O) groups is 3. The van der Waals surface area contributed by atoms with Crippen molar-refractivity contribution in [3.05, 3.63) is 64.4 Å². The fourth-order valence-corrected chi connectivity index (χ4v) is 3.62. The van der Waals surface area contributed by atoms with E-state index < -0.39 is 23.6 Å². The van der Waals surface area contributed by atoms with E-state index in [0.29, 0.717) is 16.8 Å². The third kappa shape index (κ3) is 5.78. The monoisotopic (exact) mass is 479 g/mol. The zero-order valence-electron chi connectivity index (χ0n) is 17.8. The van der Waals surface area contributed by atoms with E-state index in [1.807, 2.05) is 0 Å². The van der Waals surface area contributed by atoms with Crippen molar-refractivity contribution in [2.45, 2.75) is 18.8 Å². The van der Waals surface area contributed by atoms with Crippen LogP contribution in [-0.2, 0) is 16.1 Å². The third-order valence-corrected chi connectivity index (χ3v) is 5.28. The molecule has 0 bridgehead atoms. The van der Waals surface area contributed by atoms with E-state index in [-0.39, 0.29) is 43.6 Å². The summed E-state index contributed by atoms with van der Waals surface area (Å²) in [5, 5.41) is 22.1. The molecule has 0 unspecified atom stereocenters. The summed E-state index contributed by atoms with van der Waals surface area (Å²) in [6, 6.07) is 9.95. The molecule has 0 aromatic heterocycles. The third-order valence-electron chi connectivity index (χ3n) is 5.06. The van der Waals surface area contributed by atoms with Gasteiger partial charge in [-0.3, -0.25) is 9.59 Å². The fraction of sp³-hybridized carbons (Fsp3) is 0.318. The first-order valence-corrected chi connectivity index (χ1v) is 10.4. The molecule has 1 aliphatic heterocycles. The molecule has 11 heteroatoms. The van der Waals surface area contributed by atoms with Crippen molar-refractivity contribution in [3.8, 4) is 0 Å². The zero-order valence-corrected chi connectivity index (χ0v) is 18.5. The van der Waals surface area contributed by atoms with Gasteiger partial charge in [0.1, 0.15) is 5.82 Å². The number of hydrogen-bond acceptors (Lipinski definition) is 6. The van der Waals surface area contributed by atoms with Crippen LogP contribution in [0.25, 0.3) is 0 Å². The van der Waals surface area contributed by atoms with Crippen molar-refractivity contribution in [3.63, 3.8) is 0 Å². The molecule has 176 valence electrons. The summed E-state index contributed by atoms with van der Waals surface area (Å²) in [6.45, 7) is -0.122. The molecule has 0 aliphatic carbocycles. The van der Waals surface area contributed by atoms with Gasteiger partial charge in [0.15, 0.2) is 0 Å². The first-order chi connectivity index (χ1) is 15.6. The quantitative estimate of drug-likeness (QED) is 0.522. The largest absolute Gasteiger partial charge is 0.410 e. The van der Waals surface area contributed by atoms with Crippen LogP contribution in [0.1, 0.15) is 22.3 Å².